The van der Waals surface area contributed by atoms with Crippen LogP contribution in [0.4, 0.5) is 0 Å². The van der Waals surface area contributed by atoms with Crippen molar-refractivity contribution in [3.8, 4) is 0 Å². The van der Waals surface area contributed by atoms with E-state index in [4.69, 9.17) is 4.42 Å². The second kappa shape index (κ2) is 4.45. The maximum absolute atomic E-state index is 11.4. The smallest absolute Gasteiger partial charge is 0.287 e. The molecule has 0 bridgehead atoms. The van der Waals surface area contributed by atoms with E-state index in [1.807, 2.05) is 12.3 Å². The molecular weight excluding hydrogens is 194 g/mol. The number of nitrogens with zero attached hydrogens (tertiary/aromatic N) is 2. The normalized spacial score (nSPS) is 10.1. The summed E-state index contributed by atoms with van der Waals surface area (Å²) in [5, 5.41) is 6.75. The largest absolute Gasteiger partial charge is 0.459 e. The molecule has 5 heteroatoms. The highest BCUT2D eigenvalue weighted by Gasteiger charge is 2.06. The summed E-state index contributed by atoms with van der Waals surface area (Å²) in [6, 6.07) is 5.15. The second-order valence-electron chi connectivity index (χ2n) is 3.00. The zero-order valence-electron chi connectivity index (χ0n) is 8.09. The van der Waals surface area contributed by atoms with Gasteiger partial charge in [-0.2, -0.15) is 5.10 Å². The van der Waals surface area contributed by atoms with Crippen LogP contribution < -0.4 is 5.32 Å². The maximum Gasteiger partial charge on any atom is 0.287 e. The average Bonchev–Trinajstić information content (AvgIpc) is 2.90. The molecule has 0 aromatic carbocycles. The molecule has 78 valence electrons. The highest BCUT2D eigenvalue weighted by Crippen LogP contribution is 1.98. The van der Waals surface area contributed by atoms with Crippen molar-refractivity contribution in [1.82, 2.24) is 15.1 Å². The van der Waals surface area contributed by atoms with Gasteiger partial charge in [-0.15, -0.1) is 0 Å². The van der Waals surface area contributed by atoms with Crippen molar-refractivity contribution in [2.24, 2.45) is 0 Å². The van der Waals surface area contributed by atoms with Gasteiger partial charge in [-0.3, -0.25) is 9.48 Å². The molecule has 0 fully saturated rings. The SMILES string of the molecule is O=C(NCCn1cccn1)c1ccco1. The number of hydrogen-bond acceptors (Lipinski definition) is 3. The van der Waals surface area contributed by atoms with Gasteiger partial charge in [0.2, 0.25) is 0 Å². The monoisotopic (exact) mass is 205 g/mol. The maximum atomic E-state index is 11.4. The van der Waals surface area contributed by atoms with Crippen LogP contribution in [0, 0.1) is 0 Å². The summed E-state index contributed by atoms with van der Waals surface area (Å²) < 4.78 is 6.70. The predicted molar refractivity (Wildman–Crippen MR) is 53.3 cm³/mol. The fourth-order valence-corrected chi connectivity index (χ4v) is 1.21. The first kappa shape index (κ1) is 9.51. The Kier molecular flexibility index (Phi) is 2.82. The first-order valence-electron chi connectivity index (χ1n) is 4.65. The van der Waals surface area contributed by atoms with E-state index in [1.54, 1.807) is 23.0 Å². The van der Waals surface area contributed by atoms with Crippen molar-refractivity contribution < 1.29 is 9.21 Å². The molecule has 2 aromatic rings. The van der Waals surface area contributed by atoms with Gasteiger partial charge in [0.15, 0.2) is 5.76 Å². The molecule has 0 atom stereocenters. The Morgan fingerprint density at radius 3 is 3.13 bits per heavy atom. The number of carbonyl (C=O) groups is 1. The molecule has 5 nitrogen and oxygen atoms in total. The van der Waals surface area contributed by atoms with Crippen LogP contribution >= 0.6 is 0 Å². The number of amides is 1. The fourth-order valence-electron chi connectivity index (χ4n) is 1.21. The zero-order chi connectivity index (χ0) is 10.5. The Balaban J connectivity index is 1.77. The highest BCUT2D eigenvalue weighted by atomic mass is 16.3. The van der Waals surface area contributed by atoms with Crippen molar-refractivity contribution in [2.75, 3.05) is 6.54 Å². The summed E-state index contributed by atoms with van der Waals surface area (Å²) >= 11 is 0. The number of nitrogens with one attached hydrogen (secondary N) is 1. The summed E-state index contributed by atoms with van der Waals surface area (Å²) in [5.74, 6) is 0.127. The molecule has 1 N–H and O–H groups in total. The Hall–Kier alpha value is -2.04. The molecule has 0 radical (unpaired) electrons. The van der Waals surface area contributed by atoms with Gasteiger partial charge in [0.25, 0.3) is 5.91 Å². The van der Waals surface area contributed by atoms with E-state index in [0.29, 0.717) is 18.8 Å². The summed E-state index contributed by atoms with van der Waals surface area (Å²) in [6.07, 6.45) is 5.02. The fraction of sp³-hybridized carbons (Fsp3) is 0.200. The second-order valence-corrected chi connectivity index (χ2v) is 3.00. The Bertz CT molecular complexity index is 406. The number of aromatic nitrogens is 2. The standard InChI is InChI=1S/C10H11N3O2/c14-10(9-3-1-8-15-9)11-5-7-13-6-2-4-12-13/h1-4,6,8H,5,7H2,(H,11,14). The lowest BCUT2D eigenvalue weighted by Gasteiger charge is -2.02. The van der Waals surface area contributed by atoms with Crippen LogP contribution in [0.1, 0.15) is 10.6 Å². The molecule has 0 unspecified atom stereocenters. The van der Waals surface area contributed by atoms with Gasteiger partial charge >= 0.3 is 0 Å². The number of hydrogen-bond donors (Lipinski definition) is 1. The minimum Gasteiger partial charge on any atom is -0.459 e. The van der Waals surface area contributed by atoms with Crippen molar-refractivity contribution >= 4 is 5.91 Å². The third-order valence-electron chi connectivity index (χ3n) is 1.93. The molecule has 0 spiro atoms. The van der Waals surface area contributed by atoms with Crippen molar-refractivity contribution in [2.45, 2.75) is 6.54 Å². The van der Waals surface area contributed by atoms with E-state index in [0.717, 1.165) is 0 Å². The molecule has 15 heavy (non-hydrogen) atoms. The Labute approximate surface area is 86.7 Å². The van der Waals surface area contributed by atoms with Crippen LogP contribution in [0.5, 0.6) is 0 Å². The Morgan fingerprint density at radius 2 is 2.47 bits per heavy atom. The van der Waals surface area contributed by atoms with Gasteiger partial charge in [0.1, 0.15) is 0 Å². The molecule has 2 rings (SSSR count). The predicted octanol–water partition coefficient (Wildman–Crippen LogP) is 0.906. The van der Waals surface area contributed by atoms with Gasteiger partial charge in [0.05, 0.1) is 12.8 Å². The van der Waals surface area contributed by atoms with E-state index in [2.05, 4.69) is 10.4 Å². The lowest BCUT2D eigenvalue weighted by atomic mass is 10.4. The molecular formula is C10H11N3O2. The number of furan rings is 1. The molecule has 1 amide bonds. The molecule has 0 saturated heterocycles. The van der Waals surface area contributed by atoms with Crippen LogP contribution in [0.15, 0.2) is 41.3 Å². The molecule has 0 aliphatic heterocycles. The highest BCUT2D eigenvalue weighted by molar-refractivity contribution is 5.91. The first-order chi connectivity index (χ1) is 7.36. The summed E-state index contributed by atoms with van der Waals surface area (Å²) in [7, 11) is 0. The van der Waals surface area contributed by atoms with E-state index in [1.165, 1.54) is 6.26 Å². The number of rotatable bonds is 4. The van der Waals surface area contributed by atoms with Crippen LogP contribution in [0.25, 0.3) is 0 Å². The molecule has 0 aliphatic rings. The summed E-state index contributed by atoms with van der Waals surface area (Å²) in [4.78, 5) is 11.4. The van der Waals surface area contributed by atoms with E-state index in [-0.39, 0.29) is 5.91 Å². The first-order valence-corrected chi connectivity index (χ1v) is 4.65. The van der Waals surface area contributed by atoms with Crippen LogP contribution in [0.3, 0.4) is 0 Å². The van der Waals surface area contributed by atoms with Crippen LogP contribution in [-0.4, -0.2) is 22.2 Å². The topological polar surface area (TPSA) is 60.1 Å². The average molecular weight is 205 g/mol. The van der Waals surface area contributed by atoms with Gasteiger partial charge in [0, 0.05) is 18.9 Å². The minimum atomic E-state index is -0.202. The quantitative estimate of drug-likeness (QED) is 0.806. The lowest BCUT2D eigenvalue weighted by Crippen LogP contribution is -2.26. The third kappa shape index (κ3) is 2.46. The van der Waals surface area contributed by atoms with Gasteiger partial charge in [-0.25, -0.2) is 0 Å². The lowest BCUT2D eigenvalue weighted by molar-refractivity contribution is 0.0924. The minimum absolute atomic E-state index is 0.202. The van der Waals surface area contributed by atoms with Crippen molar-refractivity contribution in [1.29, 1.82) is 0 Å². The van der Waals surface area contributed by atoms with E-state index < -0.39 is 0 Å². The van der Waals surface area contributed by atoms with Crippen LogP contribution in [-0.2, 0) is 6.54 Å². The van der Waals surface area contributed by atoms with Gasteiger partial charge < -0.3 is 9.73 Å². The van der Waals surface area contributed by atoms with Crippen LogP contribution in [0.2, 0.25) is 0 Å². The third-order valence-corrected chi connectivity index (χ3v) is 1.93. The van der Waals surface area contributed by atoms with E-state index in [9.17, 15) is 4.79 Å². The zero-order valence-corrected chi connectivity index (χ0v) is 8.09. The van der Waals surface area contributed by atoms with Gasteiger partial charge in [-0.1, -0.05) is 0 Å². The summed E-state index contributed by atoms with van der Waals surface area (Å²) in [6.45, 7) is 1.18. The molecule has 0 saturated carbocycles. The molecule has 0 aliphatic carbocycles. The van der Waals surface area contributed by atoms with Gasteiger partial charge in [-0.05, 0) is 18.2 Å². The van der Waals surface area contributed by atoms with Crippen molar-refractivity contribution in [3.63, 3.8) is 0 Å². The molecule has 2 heterocycles. The summed E-state index contributed by atoms with van der Waals surface area (Å²) in [5.41, 5.74) is 0. The number of carbonyl (C=O) groups excluding carboxylic acids is 1. The van der Waals surface area contributed by atoms with E-state index >= 15 is 0 Å². The molecule has 2 aromatic heterocycles. The van der Waals surface area contributed by atoms with Crippen molar-refractivity contribution in [3.05, 3.63) is 42.6 Å². The Morgan fingerprint density at radius 1 is 1.53 bits per heavy atom.